The lowest BCUT2D eigenvalue weighted by atomic mass is 10.2. The van der Waals surface area contributed by atoms with Gasteiger partial charge in [0.05, 0.1) is 32.9 Å². The topological polar surface area (TPSA) is 64.1 Å². The number of aliphatic imine (C=N–C) groups is 1. The van der Waals surface area contributed by atoms with Crippen LogP contribution >= 0.6 is 35.6 Å². The van der Waals surface area contributed by atoms with E-state index in [0.717, 1.165) is 11.1 Å². The number of nitrogens with zero attached hydrogens (tertiary/aromatic N) is 1. The Morgan fingerprint density at radius 2 is 1.66 bits per heavy atom. The molecule has 2 aromatic carbocycles. The third kappa shape index (κ3) is 7.11. The highest BCUT2D eigenvalue weighted by Gasteiger charge is 2.13. The number of benzene rings is 2. The van der Waals surface area contributed by atoms with Gasteiger partial charge in [0, 0.05) is 13.1 Å². The van der Waals surface area contributed by atoms with Crippen LogP contribution in [0.3, 0.4) is 0 Å². The van der Waals surface area contributed by atoms with Crippen LogP contribution < -0.4 is 24.8 Å². The third-order valence-corrected chi connectivity index (χ3v) is 4.22. The lowest BCUT2D eigenvalue weighted by Gasteiger charge is -2.14. The van der Waals surface area contributed by atoms with Gasteiger partial charge in [0.15, 0.2) is 17.5 Å². The molecule has 9 heteroatoms. The van der Waals surface area contributed by atoms with Crippen molar-refractivity contribution in [1.29, 1.82) is 0 Å². The molecule has 29 heavy (non-hydrogen) atoms. The Morgan fingerprint density at radius 3 is 2.17 bits per heavy atom. The first-order valence-corrected chi connectivity index (χ1v) is 9.15. The van der Waals surface area contributed by atoms with Gasteiger partial charge in [0.2, 0.25) is 5.75 Å². The normalized spacial score (nSPS) is 10.8. The summed E-state index contributed by atoms with van der Waals surface area (Å²) < 4.78 is 29.4. The van der Waals surface area contributed by atoms with Crippen molar-refractivity contribution in [2.75, 3.05) is 27.9 Å². The Hall–Kier alpha value is -1.94. The maximum atomic E-state index is 13.3. The van der Waals surface area contributed by atoms with Gasteiger partial charge < -0.3 is 24.8 Å². The van der Waals surface area contributed by atoms with E-state index in [1.165, 1.54) is 6.07 Å². The molecule has 6 nitrogen and oxygen atoms in total. The summed E-state index contributed by atoms with van der Waals surface area (Å²) in [6.07, 6.45) is 0. The monoisotopic (exact) mass is 537 g/mol. The summed E-state index contributed by atoms with van der Waals surface area (Å²) in [5.41, 5.74) is 1.75. The van der Waals surface area contributed by atoms with Crippen LogP contribution in [0, 0.1) is 5.82 Å². The van der Waals surface area contributed by atoms with Gasteiger partial charge in [0.25, 0.3) is 0 Å². The highest BCUT2D eigenvalue weighted by Crippen LogP contribution is 2.38. The van der Waals surface area contributed by atoms with Crippen LogP contribution in [0.25, 0.3) is 0 Å². The molecule has 0 saturated carbocycles. The number of halogens is 3. The number of ether oxygens (including phenoxy) is 3. The minimum Gasteiger partial charge on any atom is -0.493 e. The lowest BCUT2D eigenvalue weighted by Crippen LogP contribution is -2.36. The Kier molecular flexibility index (Phi) is 10.9. The molecule has 2 rings (SSSR count). The molecule has 0 unspecified atom stereocenters. The first kappa shape index (κ1) is 25.1. The second kappa shape index (κ2) is 12.6. The van der Waals surface area contributed by atoms with E-state index < -0.39 is 5.82 Å². The molecule has 0 amide bonds. The van der Waals surface area contributed by atoms with Crippen LogP contribution in [0.2, 0.25) is 5.02 Å². The maximum Gasteiger partial charge on any atom is 0.203 e. The molecule has 2 N–H and O–H groups in total. The molecule has 0 atom stereocenters. The average Bonchev–Trinajstić information content (AvgIpc) is 2.71. The van der Waals surface area contributed by atoms with Crippen molar-refractivity contribution in [2.45, 2.75) is 20.0 Å². The van der Waals surface area contributed by atoms with Crippen molar-refractivity contribution in [3.8, 4) is 17.2 Å². The average molecular weight is 538 g/mol. The van der Waals surface area contributed by atoms with Crippen molar-refractivity contribution in [2.24, 2.45) is 4.99 Å². The molecule has 0 saturated heterocycles. The SMILES string of the molecule is CCNC(=NCc1cc(OC)c(OC)c(OC)c1)NCc1ccc(F)c(Cl)c1.I. The van der Waals surface area contributed by atoms with Crippen molar-refractivity contribution in [3.05, 3.63) is 52.3 Å². The molecule has 0 fully saturated rings. The molecule has 0 aliphatic heterocycles. The fourth-order valence-electron chi connectivity index (χ4n) is 2.57. The van der Waals surface area contributed by atoms with Crippen molar-refractivity contribution < 1.29 is 18.6 Å². The fourth-order valence-corrected chi connectivity index (χ4v) is 2.78. The molecular weight excluding hydrogens is 512 g/mol. The van der Waals surface area contributed by atoms with Gasteiger partial charge in [-0.15, -0.1) is 24.0 Å². The summed E-state index contributed by atoms with van der Waals surface area (Å²) in [4.78, 5) is 4.58. The van der Waals surface area contributed by atoms with Crippen molar-refractivity contribution in [1.82, 2.24) is 10.6 Å². The first-order chi connectivity index (χ1) is 13.5. The standard InChI is InChI=1S/C20H25ClFN3O3.HI/c1-5-23-20(24-11-13-6-7-16(22)15(21)8-13)25-12-14-9-17(26-2)19(28-4)18(10-14)27-3;/h6-10H,5,11-12H2,1-4H3,(H2,23,24,25);1H. The Morgan fingerprint density at radius 1 is 1.00 bits per heavy atom. The molecular formula is C20H26ClFIN3O3. The molecule has 0 aromatic heterocycles. The summed E-state index contributed by atoms with van der Waals surface area (Å²) in [5, 5.41) is 6.47. The second-order valence-electron chi connectivity index (χ2n) is 5.83. The minimum absolute atomic E-state index is 0. The Bertz CT molecular complexity index is 812. The Labute approximate surface area is 192 Å². The van der Waals surface area contributed by atoms with Gasteiger partial charge >= 0.3 is 0 Å². The lowest BCUT2D eigenvalue weighted by molar-refractivity contribution is 0.324. The van der Waals surface area contributed by atoms with E-state index in [0.29, 0.717) is 42.8 Å². The van der Waals surface area contributed by atoms with E-state index in [2.05, 4.69) is 15.6 Å². The maximum absolute atomic E-state index is 13.3. The number of rotatable bonds is 8. The molecule has 2 aromatic rings. The van der Waals surface area contributed by atoms with Gasteiger partial charge in [-0.3, -0.25) is 0 Å². The van der Waals surface area contributed by atoms with Crippen molar-refractivity contribution >= 4 is 41.5 Å². The van der Waals surface area contributed by atoms with Crippen molar-refractivity contribution in [3.63, 3.8) is 0 Å². The van der Waals surface area contributed by atoms with Crippen LogP contribution in [0.5, 0.6) is 17.2 Å². The summed E-state index contributed by atoms with van der Waals surface area (Å²) in [6.45, 7) is 3.54. The number of hydrogen-bond donors (Lipinski definition) is 2. The van der Waals surface area contributed by atoms with Crippen LogP contribution in [0.1, 0.15) is 18.1 Å². The van der Waals surface area contributed by atoms with E-state index in [1.807, 2.05) is 19.1 Å². The molecule has 0 bridgehead atoms. The molecule has 0 heterocycles. The van der Waals surface area contributed by atoms with Gasteiger partial charge in [-0.2, -0.15) is 0 Å². The summed E-state index contributed by atoms with van der Waals surface area (Å²) >= 11 is 5.83. The number of methoxy groups -OCH3 is 3. The molecule has 160 valence electrons. The van der Waals surface area contributed by atoms with Crippen LogP contribution in [-0.4, -0.2) is 33.8 Å². The van der Waals surface area contributed by atoms with Crippen LogP contribution in [0.15, 0.2) is 35.3 Å². The summed E-state index contributed by atoms with van der Waals surface area (Å²) in [6, 6.07) is 8.32. The van der Waals surface area contributed by atoms with Gasteiger partial charge in [0.1, 0.15) is 5.82 Å². The molecule has 0 spiro atoms. The van der Waals surface area contributed by atoms with Gasteiger partial charge in [-0.1, -0.05) is 17.7 Å². The minimum atomic E-state index is -0.437. The number of guanidine groups is 1. The van der Waals surface area contributed by atoms with Gasteiger partial charge in [-0.25, -0.2) is 9.38 Å². The zero-order valence-corrected chi connectivity index (χ0v) is 19.9. The van der Waals surface area contributed by atoms with Crippen LogP contribution in [0.4, 0.5) is 4.39 Å². The van der Waals surface area contributed by atoms with E-state index in [4.69, 9.17) is 25.8 Å². The second-order valence-corrected chi connectivity index (χ2v) is 6.24. The Balaban J connectivity index is 0.00000420. The molecule has 0 aliphatic rings. The molecule has 0 radical (unpaired) electrons. The van der Waals surface area contributed by atoms with E-state index in [-0.39, 0.29) is 29.0 Å². The quantitative estimate of drug-likeness (QED) is 0.297. The predicted molar refractivity (Wildman–Crippen MR) is 125 cm³/mol. The largest absolute Gasteiger partial charge is 0.493 e. The van der Waals surface area contributed by atoms with E-state index in [9.17, 15) is 4.39 Å². The molecule has 0 aliphatic carbocycles. The van der Waals surface area contributed by atoms with E-state index in [1.54, 1.807) is 33.5 Å². The zero-order valence-electron chi connectivity index (χ0n) is 16.8. The van der Waals surface area contributed by atoms with E-state index >= 15 is 0 Å². The zero-order chi connectivity index (χ0) is 20.5. The first-order valence-electron chi connectivity index (χ1n) is 8.77. The third-order valence-electron chi connectivity index (χ3n) is 3.93. The highest BCUT2D eigenvalue weighted by molar-refractivity contribution is 14.0. The highest BCUT2D eigenvalue weighted by atomic mass is 127. The number of hydrogen-bond acceptors (Lipinski definition) is 4. The smallest absolute Gasteiger partial charge is 0.203 e. The summed E-state index contributed by atoms with van der Waals surface area (Å²) in [7, 11) is 4.71. The van der Waals surface area contributed by atoms with Gasteiger partial charge in [-0.05, 0) is 42.3 Å². The predicted octanol–water partition coefficient (Wildman–Crippen LogP) is 4.38. The number of nitrogens with one attached hydrogen (secondary N) is 2. The summed E-state index contributed by atoms with van der Waals surface area (Å²) in [5.74, 6) is 1.87. The fraction of sp³-hybridized carbons (Fsp3) is 0.350. The van der Waals surface area contributed by atoms with Crippen LogP contribution in [-0.2, 0) is 13.1 Å².